The Bertz CT molecular complexity index is 608. The molecule has 0 saturated carbocycles. The third kappa shape index (κ3) is 1.58. The van der Waals surface area contributed by atoms with E-state index in [0.29, 0.717) is 17.0 Å². The van der Waals surface area contributed by atoms with Crippen molar-refractivity contribution in [2.24, 2.45) is 0 Å². The molecular weight excluding hydrogens is 233 g/mol. The zero-order valence-corrected chi connectivity index (χ0v) is 10.5. The second-order valence-electron chi connectivity index (χ2n) is 4.86. The Balaban J connectivity index is 2.22. The topological polar surface area (TPSA) is 53.1 Å². The Morgan fingerprint density at radius 1 is 1.50 bits per heavy atom. The highest BCUT2D eigenvalue weighted by Crippen LogP contribution is 2.32. The van der Waals surface area contributed by atoms with Gasteiger partial charge in [0.25, 0.3) is 0 Å². The second-order valence-corrected chi connectivity index (χ2v) is 4.86. The van der Waals surface area contributed by atoms with E-state index in [1.54, 1.807) is 13.0 Å². The smallest absolute Gasteiger partial charge is 0.201 e. The van der Waals surface area contributed by atoms with Gasteiger partial charge in [0, 0.05) is 12.7 Å². The molecule has 0 aliphatic carbocycles. The largest absolute Gasteiger partial charge is 0.376 e. The number of hydrogen-bond donors (Lipinski definition) is 1. The van der Waals surface area contributed by atoms with Gasteiger partial charge in [0.15, 0.2) is 0 Å². The van der Waals surface area contributed by atoms with Crippen molar-refractivity contribution in [1.29, 1.82) is 0 Å². The van der Waals surface area contributed by atoms with Gasteiger partial charge in [0.1, 0.15) is 5.82 Å². The van der Waals surface area contributed by atoms with E-state index in [2.05, 4.69) is 4.98 Å². The Hall–Kier alpha value is -1.62. The van der Waals surface area contributed by atoms with Crippen molar-refractivity contribution in [3.05, 3.63) is 23.5 Å². The lowest BCUT2D eigenvalue weighted by atomic mass is 10.1. The van der Waals surface area contributed by atoms with Crippen LogP contribution in [0.25, 0.3) is 11.0 Å². The third-order valence-electron chi connectivity index (χ3n) is 3.67. The molecule has 0 amide bonds. The van der Waals surface area contributed by atoms with Crippen LogP contribution in [0.1, 0.15) is 24.9 Å². The number of nitrogens with zero attached hydrogens (tertiary/aromatic N) is 2. The van der Waals surface area contributed by atoms with Crippen LogP contribution in [0.15, 0.2) is 12.1 Å². The maximum Gasteiger partial charge on any atom is 0.201 e. The number of halogens is 1. The van der Waals surface area contributed by atoms with Crippen LogP contribution >= 0.6 is 0 Å². The van der Waals surface area contributed by atoms with Crippen LogP contribution in [-0.2, 0) is 4.74 Å². The molecule has 1 fully saturated rings. The van der Waals surface area contributed by atoms with Crippen LogP contribution in [0.5, 0.6) is 0 Å². The van der Waals surface area contributed by atoms with E-state index in [-0.39, 0.29) is 18.0 Å². The third-order valence-corrected chi connectivity index (χ3v) is 3.67. The molecular formula is C13H16FN3O. The number of ether oxygens (including phenoxy) is 1. The molecule has 1 aromatic heterocycles. The molecule has 18 heavy (non-hydrogen) atoms. The number of rotatable bonds is 1. The van der Waals surface area contributed by atoms with Gasteiger partial charge in [-0.15, -0.1) is 0 Å². The van der Waals surface area contributed by atoms with Gasteiger partial charge >= 0.3 is 0 Å². The molecule has 2 atom stereocenters. The molecule has 1 aliphatic heterocycles. The van der Waals surface area contributed by atoms with Gasteiger partial charge in [0.05, 0.1) is 23.2 Å². The van der Waals surface area contributed by atoms with E-state index in [0.717, 1.165) is 18.5 Å². The van der Waals surface area contributed by atoms with E-state index in [4.69, 9.17) is 10.5 Å². The predicted molar refractivity (Wildman–Crippen MR) is 67.9 cm³/mol. The summed E-state index contributed by atoms with van der Waals surface area (Å²) >= 11 is 0. The van der Waals surface area contributed by atoms with Crippen molar-refractivity contribution in [3.8, 4) is 0 Å². The average Bonchev–Trinajstić information content (AvgIpc) is 2.83. The summed E-state index contributed by atoms with van der Waals surface area (Å²) in [6.45, 7) is 4.50. The zero-order chi connectivity index (χ0) is 12.9. The standard InChI is InChI=1S/C13H16FN3O/c1-7-5-12-10(6-9(7)14)16-13(15)17(12)11-3-4-18-8(11)2/h5-6,8,11H,3-4H2,1-2H3,(H2,15,16). The second kappa shape index (κ2) is 3.95. The van der Waals surface area contributed by atoms with Gasteiger partial charge in [-0.1, -0.05) is 0 Å². The molecule has 4 nitrogen and oxygen atoms in total. The Morgan fingerprint density at radius 3 is 2.94 bits per heavy atom. The molecule has 2 aromatic rings. The van der Waals surface area contributed by atoms with Gasteiger partial charge in [-0.3, -0.25) is 0 Å². The number of fused-ring (bicyclic) bond motifs is 1. The van der Waals surface area contributed by atoms with E-state index >= 15 is 0 Å². The molecule has 2 heterocycles. The first kappa shape index (κ1) is 11.5. The number of hydrogen-bond acceptors (Lipinski definition) is 3. The van der Waals surface area contributed by atoms with Crippen molar-refractivity contribution in [2.75, 3.05) is 12.3 Å². The average molecular weight is 249 g/mol. The lowest BCUT2D eigenvalue weighted by Gasteiger charge is -2.18. The fraction of sp³-hybridized carbons (Fsp3) is 0.462. The molecule has 2 unspecified atom stereocenters. The number of nitrogens with two attached hydrogens (primary N) is 1. The molecule has 3 rings (SSSR count). The highest BCUT2D eigenvalue weighted by Gasteiger charge is 2.29. The van der Waals surface area contributed by atoms with Crippen LogP contribution in [0.3, 0.4) is 0 Å². The summed E-state index contributed by atoms with van der Waals surface area (Å²) in [5.41, 5.74) is 8.07. The van der Waals surface area contributed by atoms with Crippen molar-refractivity contribution < 1.29 is 9.13 Å². The first-order valence-corrected chi connectivity index (χ1v) is 6.13. The summed E-state index contributed by atoms with van der Waals surface area (Å²) in [5, 5.41) is 0. The monoisotopic (exact) mass is 249 g/mol. The van der Waals surface area contributed by atoms with Crippen LogP contribution in [-0.4, -0.2) is 22.3 Å². The summed E-state index contributed by atoms with van der Waals surface area (Å²) in [4.78, 5) is 4.24. The minimum atomic E-state index is -0.247. The van der Waals surface area contributed by atoms with E-state index in [9.17, 15) is 4.39 Å². The van der Waals surface area contributed by atoms with Crippen LogP contribution in [0, 0.1) is 12.7 Å². The lowest BCUT2D eigenvalue weighted by Crippen LogP contribution is -2.18. The maximum absolute atomic E-state index is 13.5. The predicted octanol–water partition coefficient (Wildman–Crippen LogP) is 2.42. The number of anilines is 1. The number of nitrogen functional groups attached to an aromatic ring is 1. The van der Waals surface area contributed by atoms with Gasteiger partial charge in [0.2, 0.25) is 5.95 Å². The van der Waals surface area contributed by atoms with E-state index in [1.807, 2.05) is 11.5 Å². The number of benzene rings is 1. The summed E-state index contributed by atoms with van der Waals surface area (Å²) in [7, 11) is 0. The SMILES string of the molecule is Cc1cc2c(cc1F)nc(N)n2C1CCOC1C. The van der Waals surface area contributed by atoms with Gasteiger partial charge in [-0.2, -0.15) is 0 Å². The molecule has 0 radical (unpaired) electrons. The van der Waals surface area contributed by atoms with Crippen molar-refractivity contribution >= 4 is 17.0 Å². The van der Waals surface area contributed by atoms with Crippen molar-refractivity contribution in [3.63, 3.8) is 0 Å². The van der Waals surface area contributed by atoms with Crippen LogP contribution < -0.4 is 5.73 Å². The normalized spacial score (nSPS) is 23.9. The number of imidazole rings is 1. The van der Waals surface area contributed by atoms with Crippen molar-refractivity contribution in [1.82, 2.24) is 9.55 Å². The first-order chi connectivity index (χ1) is 8.58. The van der Waals surface area contributed by atoms with Crippen LogP contribution in [0.2, 0.25) is 0 Å². The fourth-order valence-electron chi connectivity index (χ4n) is 2.65. The fourth-order valence-corrected chi connectivity index (χ4v) is 2.65. The lowest BCUT2D eigenvalue weighted by molar-refractivity contribution is 0.109. The summed E-state index contributed by atoms with van der Waals surface area (Å²) in [6.07, 6.45) is 1.02. The quantitative estimate of drug-likeness (QED) is 0.844. The zero-order valence-electron chi connectivity index (χ0n) is 10.5. The minimum absolute atomic E-state index is 0.107. The highest BCUT2D eigenvalue weighted by atomic mass is 19.1. The molecule has 1 aliphatic rings. The summed E-state index contributed by atoms with van der Waals surface area (Å²) in [5.74, 6) is 0.181. The summed E-state index contributed by atoms with van der Waals surface area (Å²) < 4.78 is 21.1. The van der Waals surface area contributed by atoms with Crippen LogP contribution in [0.4, 0.5) is 10.3 Å². The Kier molecular flexibility index (Phi) is 2.52. The molecule has 1 saturated heterocycles. The molecule has 2 N–H and O–H groups in total. The van der Waals surface area contributed by atoms with Gasteiger partial charge in [-0.25, -0.2) is 9.37 Å². The van der Waals surface area contributed by atoms with E-state index in [1.165, 1.54) is 6.07 Å². The highest BCUT2D eigenvalue weighted by molar-refractivity contribution is 5.79. The number of aryl methyl sites for hydroxylation is 1. The molecule has 1 aromatic carbocycles. The minimum Gasteiger partial charge on any atom is -0.376 e. The maximum atomic E-state index is 13.5. The van der Waals surface area contributed by atoms with Gasteiger partial charge in [-0.05, 0) is 31.9 Å². The summed E-state index contributed by atoms with van der Waals surface area (Å²) in [6, 6.07) is 3.43. The number of aromatic nitrogens is 2. The molecule has 0 bridgehead atoms. The Morgan fingerprint density at radius 2 is 2.28 bits per heavy atom. The molecule has 0 spiro atoms. The molecule has 96 valence electrons. The Labute approximate surface area is 105 Å². The van der Waals surface area contributed by atoms with Crippen molar-refractivity contribution in [2.45, 2.75) is 32.4 Å². The van der Waals surface area contributed by atoms with E-state index < -0.39 is 0 Å². The molecule has 5 heteroatoms. The first-order valence-electron chi connectivity index (χ1n) is 6.13. The van der Waals surface area contributed by atoms with Gasteiger partial charge < -0.3 is 15.0 Å².